The molecular formula is C13H22N4O4S. The average Bonchev–Trinajstić information content (AvgIpc) is 3.06. The molecule has 2 heterocycles. The average molecular weight is 330 g/mol. The summed E-state index contributed by atoms with van der Waals surface area (Å²) in [5.74, 6) is -0.0537. The highest BCUT2D eigenvalue weighted by molar-refractivity contribution is 7.89. The van der Waals surface area contributed by atoms with Gasteiger partial charge in [-0.15, -0.1) is 0 Å². The Morgan fingerprint density at radius 2 is 2.18 bits per heavy atom. The lowest BCUT2D eigenvalue weighted by Crippen LogP contribution is -2.49. The molecular weight excluding hydrogens is 308 g/mol. The number of nitrogens with zero attached hydrogens (tertiary/aromatic N) is 2. The van der Waals surface area contributed by atoms with Gasteiger partial charge in [0.25, 0.3) is 0 Å². The first kappa shape index (κ1) is 16.9. The fourth-order valence-corrected chi connectivity index (χ4v) is 4.18. The summed E-state index contributed by atoms with van der Waals surface area (Å²) >= 11 is 0. The summed E-state index contributed by atoms with van der Waals surface area (Å²) in [4.78, 5) is 14.0. The third-order valence-electron chi connectivity index (χ3n) is 3.87. The molecule has 1 amide bonds. The van der Waals surface area contributed by atoms with E-state index in [1.807, 2.05) is 0 Å². The molecule has 2 atom stereocenters. The van der Waals surface area contributed by atoms with Gasteiger partial charge in [0.1, 0.15) is 10.6 Å². The predicted molar refractivity (Wildman–Crippen MR) is 79.8 cm³/mol. The van der Waals surface area contributed by atoms with Crippen molar-refractivity contribution in [2.75, 3.05) is 20.1 Å². The van der Waals surface area contributed by atoms with Crippen LogP contribution >= 0.6 is 0 Å². The van der Waals surface area contributed by atoms with Crippen molar-refractivity contribution in [3.05, 3.63) is 11.5 Å². The smallest absolute Gasteiger partial charge is 0.246 e. The van der Waals surface area contributed by atoms with Crippen molar-refractivity contribution < 1.29 is 17.7 Å². The molecule has 0 aromatic carbocycles. The lowest BCUT2D eigenvalue weighted by molar-refractivity contribution is -0.133. The van der Waals surface area contributed by atoms with E-state index in [2.05, 4.69) is 15.2 Å². The van der Waals surface area contributed by atoms with Crippen LogP contribution in [0.2, 0.25) is 0 Å². The van der Waals surface area contributed by atoms with Gasteiger partial charge in [0.05, 0.1) is 6.04 Å². The van der Waals surface area contributed by atoms with Crippen LogP contribution in [0.4, 0.5) is 0 Å². The fourth-order valence-electron chi connectivity index (χ4n) is 2.66. The second-order valence-electron chi connectivity index (χ2n) is 5.59. The van der Waals surface area contributed by atoms with Gasteiger partial charge < -0.3 is 14.7 Å². The second kappa shape index (κ2) is 6.35. The van der Waals surface area contributed by atoms with Crippen molar-refractivity contribution in [1.29, 1.82) is 0 Å². The molecule has 2 rings (SSSR count). The first-order valence-electron chi connectivity index (χ1n) is 7.16. The Morgan fingerprint density at radius 1 is 1.50 bits per heavy atom. The third-order valence-corrected chi connectivity index (χ3v) is 5.65. The maximum atomic E-state index is 12.4. The molecule has 1 aromatic heterocycles. The fraction of sp³-hybridized carbons (Fsp3) is 0.692. The Kier molecular flexibility index (Phi) is 4.88. The monoisotopic (exact) mass is 330 g/mol. The first-order valence-corrected chi connectivity index (χ1v) is 8.65. The van der Waals surface area contributed by atoms with Gasteiger partial charge in [-0.2, -0.15) is 4.72 Å². The normalized spacial score (nSPS) is 20.1. The molecule has 0 bridgehead atoms. The van der Waals surface area contributed by atoms with Crippen molar-refractivity contribution >= 4 is 15.9 Å². The minimum atomic E-state index is -3.85. The summed E-state index contributed by atoms with van der Waals surface area (Å²) in [5.41, 5.74) is 0.276. The van der Waals surface area contributed by atoms with Crippen LogP contribution in [0.25, 0.3) is 0 Å². The Hall–Kier alpha value is -1.45. The molecule has 1 saturated heterocycles. The quantitative estimate of drug-likeness (QED) is 0.773. The maximum absolute atomic E-state index is 12.4. The molecule has 0 aliphatic carbocycles. The highest BCUT2D eigenvalue weighted by Gasteiger charge is 2.31. The van der Waals surface area contributed by atoms with Crippen LogP contribution < -0.4 is 10.0 Å². The van der Waals surface area contributed by atoms with Gasteiger partial charge in [0, 0.05) is 19.6 Å². The van der Waals surface area contributed by atoms with Gasteiger partial charge in [-0.1, -0.05) is 5.16 Å². The highest BCUT2D eigenvalue weighted by Crippen LogP contribution is 2.19. The summed E-state index contributed by atoms with van der Waals surface area (Å²) in [7, 11) is -2.15. The van der Waals surface area contributed by atoms with E-state index < -0.39 is 16.1 Å². The largest absolute Gasteiger partial charge is 0.360 e. The SMILES string of the molecule is Cc1noc(C)c1S(=O)(=O)NC(C)C(=O)N(C)C1CCNC1. The van der Waals surface area contributed by atoms with Crippen LogP contribution in [0, 0.1) is 13.8 Å². The second-order valence-corrected chi connectivity index (χ2v) is 7.24. The summed E-state index contributed by atoms with van der Waals surface area (Å²) in [5, 5.41) is 6.81. The van der Waals surface area contributed by atoms with Crippen molar-refractivity contribution in [1.82, 2.24) is 20.1 Å². The Labute approximate surface area is 130 Å². The van der Waals surface area contributed by atoms with Crippen molar-refractivity contribution in [3.8, 4) is 0 Å². The van der Waals surface area contributed by atoms with E-state index in [0.29, 0.717) is 0 Å². The number of carbonyl (C=O) groups excluding carboxylic acids is 1. The Morgan fingerprint density at radius 3 is 2.68 bits per heavy atom. The van der Waals surface area contributed by atoms with E-state index in [1.54, 1.807) is 18.9 Å². The van der Waals surface area contributed by atoms with E-state index in [4.69, 9.17) is 4.52 Å². The number of rotatable bonds is 5. The predicted octanol–water partition coefficient (Wildman–Crippen LogP) is -0.221. The molecule has 8 nitrogen and oxygen atoms in total. The van der Waals surface area contributed by atoms with Gasteiger partial charge >= 0.3 is 0 Å². The lowest BCUT2D eigenvalue weighted by Gasteiger charge is -2.27. The first-order chi connectivity index (χ1) is 10.2. The molecule has 0 spiro atoms. The van der Waals surface area contributed by atoms with E-state index >= 15 is 0 Å². The van der Waals surface area contributed by atoms with Crippen LogP contribution in [0.3, 0.4) is 0 Å². The van der Waals surface area contributed by atoms with Crippen LogP contribution in [0.1, 0.15) is 24.8 Å². The molecule has 1 aliphatic rings. The van der Waals surface area contributed by atoms with E-state index in [1.165, 1.54) is 13.8 Å². The number of hydrogen-bond acceptors (Lipinski definition) is 6. The molecule has 2 unspecified atom stereocenters. The van der Waals surface area contributed by atoms with Gasteiger partial charge in [0.15, 0.2) is 5.76 Å². The third kappa shape index (κ3) is 3.31. The molecule has 1 fully saturated rings. The lowest BCUT2D eigenvalue weighted by atomic mass is 10.2. The van der Waals surface area contributed by atoms with Gasteiger partial charge in [-0.25, -0.2) is 8.42 Å². The Balaban J connectivity index is 2.10. The van der Waals surface area contributed by atoms with Crippen LogP contribution in [0.5, 0.6) is 0 Å². The molecule has 0 saturated carbocycles. The number of nitrogens with one attached hydrogen (secondary N) is 2. The molecule has 0 radical (unpaired) electrons. The zero-order valence-electron chi connectivity index (χ0n) is 13.2. The number of amides is 1. The minimum absolute atomic E-state index is 0.00247. The van der Waals surface area contributed by atoms with Gasteiger partial charge in [-0.05, 0) is 33.7 Å². The van der Waals surface area contributed by atoms with Crippen LogP contribution in [-0.2, 0) is 14.8 Å². The molecule has 2 N–H and O–H groups in total. The minimum Gasteiger partial charge on any atom is -0.360 e. The van der Waals surface area contributed by atoms with E-state index in [9.17, 15) is 13.2 Å². The zero-order chi connectivity index (χ0) is 16.5. The summed E-state index contributed by atoms with van der Waals surface area (Å²) in [6.07, 6.45) is 0.867. The molecule has 124 valence electrons. The van der Waals surface area contributed by atoms with Crippen molar-refractivity contribution in [2.45, 2.75) is 44.2 Å². The van der Waals surface area contributed by atoms with Gasteiger partial charge in [0.2, 0.25) is 15.9 Å². The topological polar surface area (TPSA) is 105 Å². The number of sulfonamides is 1. The highest BCUT2D eigenvalue weighted by atomic mass is 32.2. The standard InChI is InChI=1S/C13H22N4O4S/c1-8-12(10(3)21-15-8)22(19,20)16-9(2)13(18)17(4)11-5-6-14-7-11/h9,11,14,16H,5-7H2,1-4H3. The number of carbonyl (C=O) groups is 1. The summed E-state index contributed by atoms with van der Waals surface area (Å²) < 4.78 is 32.1. The van der Waals surface area contributed by atoms with E-state index in [-0.39, 0.29) is 28.3 Å². The molecule has 1 aliphatic heterocycles. The summed E-state index contributed by atoms with van der Waals surface area (Å²) in [6.45, 7) is 6.20. The van der Waals surface area contributed by atoms with Crippen LogP contribution in [0.15, 0.2) is 9.42 Å². The van der Waals surface area contributed by atoms with Gasteiger partial charge in [-0.3, -0.25) is 4.79 Å². The maximum Gasteiger partial charge on any atom is 0.246 e. The molecule has 1 aromatic rings. The zero-order valence-corrected chi connectivity index (χ0v) is 14.0. The van der Waals surface area contributed by atoms with Crippen molar-refractivity contribution in [2.24, 2.45) is 0 Å². The molecule has 9 heteroatoms. The number of aromatic nitrogens is 1. The van der Waals surface area contributed by atoms with Crippen LogP contribution in [-0.4, -0.2) is 56.6 Å². The number of aryl methyl sites for hydroxylation is 2. The van der Waals surface area contributed by atoms with E-state index in [0.717, 1.165) is 19.5 Å². The summed E-state index contributed by atoms with van der Waals surface area (Å²) in [6, 6.07) is -0.761. The number of likely N-dealkylation sites (N-methyl/N-ethyl adjacent to an activating group) is 1. The Bertz CT molecular complexity index is 629. The number of hydrogen-bond donors (Lipinski definition) is 2. The molecule has 22 heavy (non-hydrogen) atoms. The van der Waals surface area contributed by atoms with Crippen molar-refractivity contribution in [3.63, 3.8) is 0 Å².